The van der Waals surface area contributed by atoms with Gasteiger partial charge in [-0.05, 0) is 30.2 Å². The Morgan fingerprint density at radius 2 is 2.03 bits per heavy atom. The normalized spacial score (nSPS) is 15.4. The van der Waals surface area contributed by atoms with E-state index >= 15 is 0 Å². The maximum atomic E-state index is 14.7. The smallest absolute Gasteiger partial charge is 0.262 e. The molecular weight excluding hydrogens is 459 g/mol. The number of aromatic nitrogens is 1. The number of carbonyl (C=O) groups excluding carboxylic acids is 1. The predicted molar refractivity (Wildman–Crippen MR) is 131 cm³/mol. The van der Waals surface area contributed by atoms with Crippen LogP contribution in [0.5, 0.6) is 5.75 Å². The zero-order valence-corrected chi connectivity index (χ0v) is 19.8. The van der Waals surface area contributed by atoms with E-state index < -0.39 is 5.82 Å². The molecule has 4 aromatic rings. The molecule has 0 fully saturated rings. The van der Waals surface area contributed by atoms with Crippen LogP contribution in [0.15, 0.2) is 54.7 Å². The summed E-state index contributed by atoms with van der Waals surface area (Å²) in [6.45, 7) is 4.61. The summed E-state index contributed by atoms with van der Waals surface area (Å²) in [5, 5.41) is 3.52. The van der Waals surface area contributed by atoms with E-state index in [9.17, 15) is 9.18 Å². The standard InChI is InChI=1S/C26H22ClFN2O2S/c1-14(2)21-23-24(16(10-12-29-23)22-17(27)7-5-8-18(22)28)33-25(21)26(31)30-19-11-13-32-20-9-4-3-6-15(19)20/h3-10,12,14,19H,11,13H2,1-2H3,(H,30,31)/t19-/m0/s1. The minimum atomic E-state index is -0.403. The predicted octanol–water partition coefficient (Wildman–Crippen LogP) is 7.13. The van der Waals surface area contributed by atoms with Crippen LogP contribution in [0.4, 0.5) is 4.39 Å². The molecule has 1 aliphatic heterocycles. The van der Waals surface area contributed by atoms with Crippen molar-refractivity contribution < 1.29 is 13.9 Å². The minimum Gasteiger partial charge on any atom is -0.493 e. The molecule has 0 saturated heterocycles. The van der Waals surface area contributed by atoms with E-state index in [-0.39, 0.29) is 17.9 Å². The summed E-state index contributed by atoms with van der Waals surface area (Å²) >= 11 is 7.70. The van der Waals surface area contributed by atoms with Gasteiger partial charge in [0.05, 0.1) is 32.8 Å². The summed E-state index contributed by atoms with van der Waals surface area (Å²) in [5.41, 5.74) is 3.52. The number of carbonyl (C=O) groups is 1. The van der Waals surface area contributed by atoms with E-state index in [0.717, 1.165) is 21.6 Å². The largest absolute Gasteiger partial charge is 0.493 e. The summed E-state index contributed by atoms with van der Waals surface area (Å²) in [5.74, 6) is 0.293. The highest BCUT2D eigenvalue weighted by atomic mass is 35.5. The summed E-state index contributed by atoms with van der Waals surface area (Å²) < 4.78 is 21.2. The van der Waals surface area contributed by atoms with Gasteiger partial charge >= 0.3 is 0 Å². The van der Waals surface area contributed by atoms with Crippen molar-refractivity contribution in [2.24, 2.45) is 0 Å². The molecule has 1 N–H and O–H groups in total. The maximum Gasteiger partial charge on any atom is 0.262 e. The molecule has 0 unspecified atom stereocenters. The zero-order chi connectivity index (χ0) is 23.1. The fourth-order valence-electron chi connectivity index (χ4n) is 4.38. The highest BCUT2D eigenvalue weighted by Gasteiger charge is 2.28. The number of para-hydroxylation sites is 1. The van der Waals surface area contributed by atoms with Gasteiger partial charge < -0.3 is 10.1 Å². The first-order valence-corrected chi connectivity index (χ1v) is 12.0. The van der Waals surface area contributed by atoms with Gasteiger partial charge in [0.15, 0.2) is 0 Å². The van der Waals surface area contributed by atoms with Gasteiger partial charge in [0.25, 0.3) is 5.91 Å². The van der Waals surface area contributed by atoms with Gasteiger partial charge in [-0.2, -0.15) is 0 Å². The first-order chi connectivity index (χ1) is 16.0. The van der Waals surface area contributed by atoms with Crippen LogP contribution in [0.3, 0.4) is 0 Å². The molecular formula is C26H22ClFN2O2S. The van der Waals surface area contributed by atoms with Gasteiger partial charge in [0.2, 0.25) is 0 Å². The van der Waals surface area contributed by atoms with E-state index in [1.54, 1.807) is 24.4 Å². The van der Waals surface area contributed by atoms with E-state index in [0.29, 0.717) is 39.6 Å². The van der Waals surface area contributed by atoms with Gasteiger partial charge in [0.1, 0.15) is 11.6 Å². The number of halogens is 2. The number of hydrogen-bond acceptors (Lipinski definition) is 4. The quantitative estimate of drug-likeness (QED) is 0.338. The lowest BCUT2D eigenvalue weighted by molar-refractivity contribution is 0.0928. The lowest BCUT2D eigenvalue weighted by Gasteiger charge is -2.26. The third-order valence-corrected chi connectivity index (χ3v) is 7.43. The molecule has 168 valence electrons. The Morgan fingerprint density at radius 3 is 2.82 bits per heavy atom. The van der Waals surface area contributed by atoms with Crippen molar-refractivity contribution in [1.29, 1.82) is 0 Å². The lowest BCUT2D eigenvalue weighted by atomic mass is 9.98. The molecule has 2 aromatic heterocycles. The van der Waals surface area contributed by atoms with Crippen LogP contribution >= 0.6 is 22.9 Å². The van der Waals surface area contributed by atoms with Crippen LogP contribution < -0.4 is 10.1 Å². The first kappa shape index (κ1) is 21.9. The van der Waals surface area contributed by atoms with Crippen LogP contribution in [-0.4, -0.2) is 17.5 Å². The van der Waals surface area contributed by atoms with Crippen LogP contribution in [0.25, 0.3) is 21.3 Å². The molecule has 0 aliphatic carbocycles. The Balaban J connectivity index is 1.61. The topological polar surface area (TPSA) is 51.2 Å². The molecule has 4 nitrogen and oxygen atoms in total. The minimum absolute atomic E-state index is 0.0558. The number of rotatable bonds is 4. The van der Waals surface area contributed by atoms with Crippen molar-refractivity contribution in [3.05, 3.63) is 81.6 Å². The molecule has 0 bridgehead atoms. The number of nitrogens with one attached hydrogen (secondary N) is 1. The van der Waals surface area contributed by atoms with Gasteiger partial charge in [-0.3, -0.25) is 9.78 Å². The van der Waals surface area contributed by atoms with Crippen molar-refractivity contribution in [2.45, 2.75) is 32.2 Å². The van der Waals surface area contributed by atoms with E-state index in [4.69, 9.17) is 16.3 Å². The van der Waals surface area contributed by atoms with Crippen molar-refractivity contribution in [3.8, 4) is 16.9 Å². The SMILES string of the molecule is CC(C)c1c(C(=O)N[C@H]2CCOc3ccccc32)sc2c(-c3c(F)cccc3Cl)ccnc12. The second-order valence-corrected chi connectivity index (χ2v) is 9.76. The Hall–Kier alpha value is -2.96. The molecule has 2 aromatic carbocycles. The Kier molecular flexibility index (Phi) is 5.81. The Bertz CT molecular complexity index is 1350. The molecule has 0 spiro atoms. The molecule has 1 amide bonds. The molecule has 0 saturated carbocycles. The van der Waals surface area contributed by atoms with E-state index in [1.165, 1.54) is 17.4 Å². The molecule has 3 heterocycles. The number of ether oxygens (including phenoxy) is 1. The molecule has 1 atom stereocenters. The van der Waals surface area contributed by atoms with Crippen molar-refractivity contribution in [3.63, 3.8) is 0 Å². The molecule has 5 rings (SSSR count). The summed E-state index contributed by atoms with van der Waals surface area (Å²) in [7, 11) is 0. The van der Waals surface area contributed by atoms with Gasteiger partial charge in [-0.1, -0.05) is 49.7 Å². The monoisotopic (exact) mass is 480 g/mol. The van der Waals surface area contributed by atoms with Crippen molar-refractivity contribution >= 4 is 39.1 Å². The highest BCUT2D eigenvalue weighted by molar-refractivity contribution is 7.21. The number of fused-ring (bicyclic) bond motifs is 2. The van der Waals surface area contributed by atoms with E-state index in [1.807, 2.05) is 38.1 Å². The van der Waals surface area contributed by atoms with Crippen LogP contribution in [0, 0.1) is 5.82 Å². The summed E-state index contributed by atoms with van der Waals surface area (Å²) in [6, 6.07) is 14.0. The molecule has 0 radical (unpaired) electrons. The average Bonchev–Trinajstić information content (AvgIpc) is 3.20. The second kappa shape index (κ2) is 8.76. The molecule has 1 aliphatic rings. The highest BCUT2D eigenvalue weighted by Crippen LogP contribution is 2.43. The number of thiophene rings is 1. The van der Waals surface area contributed by atoms with Gasteiger partial charge in [-0.25, -0.2) is 4.39 Å². The number of nitrogens with zero attached hydrogens (tertiary/aromatic N) is 1. The fourth-order valence-corrected chi connectivity index (χ4v) is 5.98. The van der Waals surface area contributed by atoms with Crippen LogP contribution in [-0.2, 0) is 0 Å². The zero-order valence-electron chi connectivity index (χ0n) is 18.2. The van der Waals surface area contributed by atoms with Gasteiger partial charge in [0, 0.05) is 34.9 Å². The number of benzene rings is 2. The van der Waals surface area contributed by atoms with Crippen LogP contribution in [0.2, 0.25) is 5.02 Å². The van der Waals surface area contributed by atoms with Crippen LogP contribution in [0.1, 0.15) is 53.0 Å². The third-order valence-electron chi connectivity index (χ3n) is 5.89. The first-order valence-electron chi connectivity index (χ1n) is 10.8. The summed E-state index contributed by atoms with van der Waals surface area (Å²) in [4.78, 5) is 18.7. The molecule has 7 heteroatoms. The lowest BCUT2D eigenvalue weighted by Crippen LogP contribution is -2.32. The van der Waals surface area contributed by atoms with Crippen molar-refractivity contribution in [1.82, 2.24) is 10.3 Å². The number of amides is 1. The van der Waals surface area contributed by atoms with Gasteiger partial charge in [-0.15, -0.1) is 11.3 Å². The fraction of sp³-hybridized carbons (Fsp3) is 0.231. The van der Waals surface area contributed by atoms with Crippen molar-refractivity contribution in [2.75, 3.05) is 6.61 Å². The maximum absolute atomic E-state index is 14.7. The number of hydrogen-bond donors (Lipinski definition) is 1. The average molecular weight is 481 g/mol. The number of pyridine rings is 1. The second-order valence-electron chi connectivity index (χ2n) is 8.33. The molecule has 33 heavy (non-hydrogen) atoms. The van der Waals surface area contributed by atoms with E-state index in [2.05, 4.69) is 10.3 Å². The third kappa shape index (κ3) is 3.87. The summed E-state index contributed by atoms with van der Waals surface area (Å²) in [6.07, 6.45) is 2.34. The Labute approximate surface area is 200 Å². The Morgan fingerprint density at radius 1 is 1.21 bits per heavy atom.